The summed E-state index contributed by atoms with van der Waals surface area (Å²) in [5, 5.41) is 0. The Kier molecular flexibility index (Phi) is 81.7. The molecule has 0 aromatic rings. The van der Waals surface area contributed by atoms with Crippen LogP contribution in [0.5, 0.6) is 0 Å². The predicted octanol–water partition coefficient (Wildman–Crippen LogP) is -1.42. The molecule has 0 bridgehead atoms. The topological polar surface area (TPSA) is 0 Å². The summed E-state index contributed by atoms with van der Waals surface area (Å²) in [6, 6.07) is 0. The Bertz CT molecular complexity index is 6.00. The van der Waals surface area contributed by atoms with Crippen molar-refractivity contribution in [2.75, 3.05) is 0 Å². The number of halogens is 3. The molecule has 0 N–H and O–H groups in total. The minimum atomic E-state index is 0. The van der Waals surface area contributed by atoms with Gasteiger partial charge in [0.25, 0.3) is 0 Å². The maximum absolute atomic E-state index is 4.61. The summed E-state index contributed by atoms with van der Waals surface area (Å²) in [4.78, 5) is 0. The maximum Gasteiger partial charge on any atom is 1.00 e. The van der Waals surface area contributed by atoms with Gasteiger partial charge in [-0.25, -0.2) is 0 Å². The van der Waals surface area contributed by atoms with Crippen LogP contribution >= 0.6 is 30.4 Å². The van der Waals surface area contributed by atoms with Crippen molar-refractivity contribution in [1.29, 1.82) is 0 Å². The standard InChI is InChI=1S/Ag.ClI.ClH/c;1-2;/h;;1H/q+1;;/p-1. The van der Waals surface area contributed by atoms with Crippen molar-refractivity contribution in [3.05, 3.63) is 0 Å². The smallest absolute Gasteiger partial charge is 1.00 e. The SMILES string of the molecule is ClI.[Ag+].[Cl-]. The van der Waals surface area contributed by atoms with Gasteiger partial charge in [0, 0.05) is 21.5 Å². The van der Waals surface area contributed by atoms with Crippen LogP contribution in [0, 0.1) is 0 Å². The summed E-state index contributed by atoms with van der Waals surface area (Å²) in [5.41, 5.74) is 0. The summed E-state index contributed by atoms with van der Waals surface area (Å²) in [7, 11) is 4.61. The van der Waals surface area contributed by atoms with Crippen LogP contribution in [0.2, 0.25) is 0 Å². The van der Waals surface area contributed by atoms with E-state index in [9.17, 15) is 0 Å². The molecule has 0 amide bonds. The first-order valence-corrected chi connectivity index (χ1v) is 2.87. The Morgan fingerprint density at radius 2 is 1.25 bits per heavy atom. The molecule has 32 valence electrons. The van der Waals surface area contributed by atoms with E-state index in [4.69, 9.17) is 0 Å². The second-order valence-electron chi connectivity index (χ2n) is 0. The van der Waals surface area contributed by atoms with Crippen molar-refractivity contribution in [3.63, 3.8) is 0 Å². The Hall–Kier alpha value is 2.05. The average Bonchev–Trinajstić information content (AvgIpc) is 1.00. The van der Waals surface area contributed by atoms with Gasteiger partial charge < -0.3 is 12.4 Å². The molecule has 0 aliphatic rings. The third kappa shape index (κ3) is 8.96. The quantitative estimate of drug-likeness (QED) is 0.381. The van der Waals surface area contributed by atoms with Crippen molar-refractivity contribution in [2.45, 2.75) is 0 Å². The predicted molar refractivity (Wildman–Crippen MR) is 19.9 cm³/mol. The van der Waals surface area contributed by atoms with Crippen LogP contribution < -0.4 is 12.4 Å². The summed E-state index contributed by atoms with van der Waals surface area (Å²) >= 11 is 1.62. The average molecular weight is 306 g/mol. The number of hydrogen-bond acceptors (Lipinski definition) is 0. The zero-order chi connectivity index (χ0) is 2.00. The molecule has 0 rings (SSSR count). The molecule has 0 heterocycles. The molecule has 0 aliphatic carbocycles. The molecule has 0 unspecified atom stereocenters. The summed E-state index contributed by atoms with van der Waals surface area (Å²) in [6.07, 6.45) is 0. The molecular weight excluding hydrogens is 306 g/mol. The van der Waals surface area contributed by atoms with E-state index in [0.29, 0.717) is 0 Å². The van der Waals surface area contributed by atoms with Crippen LogP contribution in [0.25, 0.3) is 0 Å². The van der Waals surface area contributed by atoms with E-state index >= 15 is 0 Å². The Labute approximate surface area is 64.4 Å². The molecule has 0 saturated heterocycles. The molecule has 0 fully saturated rings. The Morgan fingerprint density at radius 1 is 1.25 bits per heavy atom. The molecule has 0 aliphatic heterocycles. The molecule has 0 radical (unpaired) electrons. The molecule has 0 spiro atoms. The summed E-state index contributed by atoms with van der Waals surface area (Å²) in [5.74, 6) is 0. The minimum absolute atomic E-state index is 0. The first-order chi connectivity index (χ1) is 1.00. The van der Waals surface area contributed by atoms with Gasteiger partial charge in [0.2, 0.25) is 0 Å². The van der Waals surface area contributed by atoms with Gasteiger partial charge in [0.15, 0.2) is 0 Å². The van der Waals surface area contributed by atoms with Crippen molar-refractivity contribution in [2.24, 2.45) is 0 Å². The van der Waals surface area contributed by atoms with Crippen LogP contribution in [-0.4, -0.2) is 0 Å². The molecule has 4 heavy (non-hydrogen) atoms. The van der Waals surface area contributed by atoms with Gasteiger partial charge in [-0.1, -0.05) is 0 Å². The summed E-state index contributed by atoms with van der Waals surface area (Å²) < 4.78 is 0. The van der Waals surface area contributed by atoms with Crippen molar-refractivity contribution in [3.8, 4) is 0 Å². The molecule has 4 heteroatoms. The van der Waals surface area contributed by atoms with E-state index < -0.39 is 0 Å². The normalized spacial score (nSPS) is 1.50. The second kappa shape index (κ2) is 19.7. The van der Waals surface area contributed by atoms with Crippen LogP contribution in [0.1, 0.15) is 0 Å². The molecule has 0 atom stereocenters. The third-order valence-electron chi connectivity index (χ3n) is 0. The van der Waals surface area contributed by atoms with Gasteiger partial charge in [-0.2, -0.15) is 0 Å². The first-order valence-electron chi connectivity index (χ1n) is 0.143. The zero-order valence-electron chi connectivity index (χ0n) is 1.44. The van der Waals surface area contributed by atoms with Gasteiger partial charge in [0.05, 0.1) is 0 Å². The van der Waals surface area contributed by atoms with Crippen LogP contribution in [0.3, 0.4) is 0 Å². The molecule has 0 aromatic heterocycles. The molecule has 0 aromatic carbocycles. The van der Waals surface area contributed by atoms with Gasteiger partial charge in [-0.15, -0.1) is 0 Å². The fourth-order valence-corrected chi connectivity index (χ4v) is 0. The van der Waals surface area contributed by atoms with E-state index in [0.717, 1.165) is 0 Å². The molecule has 0 saturated carbocycles. The monoisotopic (exact) mass is 304 g/mol. The van der Waals surface area contributed by atoms with Crippen LogP contribution in [0.4, 0.5) is 0 Å². The fraction of sp³-hybridized carbons (Fsp3) is 0. The van der Waals surface area contributed by atoms with Crippen molar-refractivity contribution in [1.82, 2.24) is 0 Å². The van der Waals surface area contributed by atoms with E-state index in [-0.39, 0.29) is 34.8 Å². The van der Waals surface area contributed by atoms with Gasteiger partial charge in [0.1, 0.15) is 0 Å². The number of rotatable bonds is 0. The maximum atomic E-state index is 4.61. The van der Waals surface area contributed by atoms with E-state index in [1.54, 1.807) is 21.5 Å². The van der Waals surface area contributed by atoms with Crippen molar-refractivity contribution < 1.29 is 34.8 Å². The van der Waals surface area contributed by atoms with Crippen LogP contribution in [-0.2, 0) is 22.4 Å². The minimum Gasteiger partial charge on any atom is -1.00 e. The first kappa shape index (κ1) is 16.6. The largest absolute Gasteiger partial charge is 1.00 e. The van der Waals surface area contributed by atoms with Gasteiger partial charge in [-0.3, -0.25) is 0 Å². The van der Waals surface area contributed by atoms with E-state index in [1.807, 2.05) is 0 Å². The zero-order valence-corrected chi connectivity index (χ0v) is 6.59. The third-order valence-corrected chi connectivity index (χ3v) is 0. The van der Waals surface area contributed by atoms with Crippen LogP contribution in [0.15, 0.2) is 0 Å². The molecular formula is AgCl2I. The molecule has 0 nitrogen and oxygen atoms in total. The fourth-order valence-electron chi connectivity index (χ4n) is 0. The number of hydrogen-bond donors (Lipinski definition) is 0. The van der Waals surface area contributed by atoms with E-state index in [1.165, 1.54) is 0 Å². The Morgan fingerprint density at radius 3 is 1.25 bits per heavy atom. The van der Waals surface area contributed by atoms with E-state index in [2.05, 4.69) is 8.91 Å². The van der Waals surface area contributed by atoms with Crippen molar-refractivity contribution >= 4 is 30.4 Å². The second-order valence-corrected chi connectivity index (χ2v) is 0. The van der Waals surface area contributed by atoms with Gasteiger partial charge >= 0.3 is 22.4 Å². The van der Waals surface area contributed by atoms with Gasteiger partial charge in [-0.05, 0) is 8.91 Å². The Balaban J connectivity index is -0.00000000500. The summed E-state index contributed by atoms with van der Waals surface area (Å²) in [6.45, 7) is 0.